The Balaban J connectivity index is 2.01. The highest BCUT2D eigenvalue weighted by molar-refractivity contribution is 5.96. The van der Waals surface area contributed by atoms with Crippen LogP contribution in [0.1, 0.15) is 29.6 Å². The first-order valence-electron chi connectivity index (χ1n) is 6.55. The Morgan fingerprint density at radius 2 is 2.32 bits per heavy atom. The van der Waals surface area contributed by atoms with E-state index in [2.05, 4.69) is 5.32 Å². The van der Waals surface area contributed by atoms with Crippen LogP contribution in [-0.2, 0) is 0 Å². The molecule has 1 aliphatic rings. The number of piperidine rings is 1. The Bertz CT molecular complexity index is 459. The quantitative estimate of drug-likeness (QED) is 0.876. The number of likely N-dealkylation sites (N-methyl/N-ethyl adjacent to an activating group) is 1. The van der Waals surface area contributed by atoms with Crippen molar-refractivity contribution in [1.29, 1.82) is 0 Å². The monoisotopic (exact) mass is 266 g/mol. The number of nitrogens with zero attached hydrogens (tertiary/aromatic N) is 1. The number of hydrogen-bond donors (Lipinski definition) is 2. The molecule has 0 bridgehead atoms. The SMILES string of the molecule is CN(CC1CCCCN1)C(=O)c1ccc(F)cc1O. The lowest BCUT2D eigenvalue weighted by Gasteiger charge is -2.28. The van der Waals surface area contributed by atoms with Gasteiger partial charge in [0.1, 0.15) is 11.6 Å². The maximum absolute atomic E-state index is 12.9. The van der Waals surface area contributed by atoms with Gasteiger partial charge in [-0.1, -0.05) is 6.42 Å². The van der Waals surface area contributed by atoms with Gasteiger partial charge >= 0.3 is 0 Å². The Hall–Kier alpha value is -1.62. The second kappa shape index (κ2) is 6.02. The Morgan fingerprint density at radius 3 is 2.95 bits per heavy atom. The molecule has 19 heavy (non-hydrogen) atoms. The maximum atomic E-state index is 12.9. The summed E-state index contributed by atoms with van der Waals surface area (Å²) in [5.74, 6) is -1.15. The number of rotatable bonds is 3. The minimum Gasteiger partial charge on any atom is -0.507 e. The van der Waals surface area contributed by atoms with Gasteiger partial charge in [-0.15, -0.1) is 0 Å². The summed E-state index contributed by atoms with van der Waals surface area (Å²) in [7, 11) is 1.70. The normalized spacial score (nSPS) is 19.2. The number of benzene rings is 1. The number of phenolic OH excluding ortho intramolecular Hbond substituents is 1. The van der Waals surface area contributed by atoms with E-state index in [1.807, 2.05) is 0 Å². The van der Waals surface area contributed by atoms with Gasteiger partial charge in [0.05, 0.1) is 5.56 Å². The van der Waals surface area contributed by atoms with Gasteiger partial charge in [0, 0.05) is 25.7 Å². The number of carbonyl (C=O) groups is 1. The minimum atomic E-state index is -0.550. The predicted molar refractivity (Wildman–Crippen MR) is 70.7 cm³/mol. The van der Waals surface area contributed by atoms with Crippen molar-refractivity contribution in [3.8, 4) is 5.75 Å². The molecule has 1 amide bonds. The fourth-order valence-electron chi connectivity index (χ4n) is 2.38. The van der Waals surface area contributed by atoms with Gasteiger partial charge in [0.15, 0.2) is 0 Å². The number of phenols is 1. The van der Waals surface area contributed by atoms with Crippen molar-refractivity contribution in [3.05, 3.63) is 29.6 Å². The first kappa shape index (κ1) is 13.8. The van der Waals surface area contributed by atoms with Crippen molar-refractivity contribution in [2.24, 2.45) is 0 Å². The second-order valence-electron chi connectivity index (χ2n) is 4.99. The Morgan fingerprint density at radius 1 is 1.53 bits per heavy atom. The van der Waals surface area contributed by atoms with Gasteiger partial charge < -0.3 is 15.3 Å². The van der Waals surface area contributed by atoms with E-state index >= 15 is 0 Å². The number of carbonyl (C=O) groups excluding carboxylic acids is 1. The highest BCUT2D eigenvalue weighted by Crippen LogP contribution is 2.20. The number of aromatic hydroxyl groups is 1. The summed E-state index contributed by atoms with van der Waals surface area (Å²) in [5, 5.41) is 13.0. The Kier molecular flexibility index (Phi) is 4.37. The molecule has 1 aromatic rings. The highest BCUT2D eigenvalue weighted by Gasteiger charge is 2.20. The van der Waals surface area contributed by atoms with Crippen molar-refractivity contribution >= 4 is 5.91 Å². The molecule has 4 nitrogen and oxygen atoms in total. The molecular weight excluding hydrogens is 247 g/mol. The van der Waals surface area contributed by atoms with E-state index in [1.54, 1.807) is 11.9 Å². The van der Waals surface area contributed by atoms with E-state index in [0.29, 0.717) is 12.6 Å². The van der Waals surface area contributed by atoms with Crippen molar-refractivity contribution in [2.45, 2.75) is 25.3 Å². The van der Waals surface area contributed by atoms with Crippen LogP contribution >= 0.6 is 0 Å². The molecular formula is C14H19FN2O2. The molecule has 1 aliphatic heterocycles. The third kappa shape index (κ3) is 3.44. The molecule has 5 heteroatoms. The maximum Gasteiger partial charge on any atom is 0.257 e. The smallest absolute Gasteiger partial charge is 0.257 e. The van der Waals surface area contributed by atoms with E-state index in [-0.39, 0.29) is 17.2 Å². The van der Waals surface area contributed by atoms with Crippen LogP contribution in [0.25, 0.3) is 0 Å². The van der Waals surface area contributed by atoms with Gasteiger partial charge in [0.25, 0.3) is 5.91 Å². The summed E-state index contributed by atoms with van der Waals surface area (Å²) in [6, 6.07) is 3.75. The van der Waals surface area contributed by atoms with Crippen LogP contribution in [0.3, 0.4) is 0 Å². The predicted octanol–water partition coefficient (Wildman–Crippen LogP) is 1.75. The number of amides is 1. The minimum absolute atomic E-state index is 0.139. The van der Waals surface area contributed by atoms with E-state index in [0.717, 1.165) is 19.0 Å². The molecule has 2 N–H and O–H groups in total. The van der Waals surface area contributed by atoms with Crippen molar-refractivity contribution in [1.82, 2.24) is 10.2 Å². The molecule has 1 saturated heterocycles. The number of halogens is 1. The zero-order chi connectivity index (χ0) is 13.8. The summed E-state index contributed by atoms with van der Waals surface area (Å²) >= 11 is 0. The molecule has 1 heterocycles. The van der Waals surface area contributed by atoms with Crippen molar-refractivity contribution in [2.75, 3.05) is 20.1 Å². The highest BCUT2D eigenvalue weighted by atomic mass is 19.1. The van der Waals surface area contributed by atoms with Gasteiger partial charge in [-0.2, -0.15) is 0 Å². The zero-order valence-corrected chi connectivity index (χ0v) is 11.0. The van der Waals surface area contributed by atoms with Crippen LogP contribution in [0.5, 0.6) is 5.75 Å². The Labute approximate surface area is 112 Å². The third-order valence-electron chi connectivity index (χ3n) is 3.44. The van der Waals surface area contributed by atoms with E-state index in [1.165, 1.54) is 25.0 Å². The summed E-state index contributed by atoms with van der Waals surface area (Å²) in [4.78, 5) is 13.7. The van der Waals surface area contributed by atoms with E-state index < -0.39 is 5.82 Å². The largest absolute Gasteiger partial charge is 0.507 e. The van der Waals surface area contributed by atoms with Crippen LogP contribution in [0, 0.1) is 5.82 Å². The van der Waals surface area contributed by atoms with Crippen LogP contribution in [-0.4, -0.2) is 42.1 Å². The lowest BCUT2D eigenvalue weighted by molar-refractivity contribution is 0.0772. The standard InChI is InChI=1S/C14H19FN2O2/c1-17(9-11-4-2-3-7-16-11)14(19)12-6-5-10(15)8-13(12)18/h5-6,8,11,16,18H,2-4,7,9H2,1H3. The molecule has 2 rings (SSSR count). The summed E-state index contributed by atoms with van der Waals surface area (Å²) in [6.07, 6.45) is 3.39. The molecule has 0 aliphatic carbocycles. The average Bonchev–Trinajstić information content (AvgIpc) is 2.39. The molecule has 104 valence electrons. The van der Waals surface area contributed by atoms with Gasteiger partial charge in [-0.25, -0.2) is 4.39 Å². The van der Waals surface area contributed by atoms with E-state index in [9.17, 15) is 14.3 Å². The molecule has 1 aromatic carbocycles. The van der Waals surface area contributed by atoms with Crippen LogP contribution in [0.2, 0.25) is 0 Å². The molecule has 0 saturated carbocycles. The first-order chi connectivity index (χ1) is 9.08. The zero-order valence-electron chi connectivity index (χ0n) is 11.0. The third-order valence-corrected chi connectivity index (χ3v) is 3.44. The van der Waals surface area contributed by atoms with Crippen molar-refractivity contribution in [3.63, 3.8) is 0 Å². The number of hydrogen-bond acceptors (Lipinski definition) is 3. The summed E-state index contributed by atoms with van der Waals surface area (Å²) < 4.78 is 12.9. The van der Waals surface area contributed by atoms with Gasteiger partial charge in [-0.05, 0) is 31.5 Å². The van der Waals surface area contributed by atoms with E-state index in [4.69, 9.17) is 0 Å². The molecule has 1 atom stereocenters. The first-order valence-corrected chi connectivity index (χ1v) is 6.55. The summed E-state index contributed by atoms with van der Waals surface area (Å²) in [6.45, 7) is 1.57. The fraction of sp³-hybridized carbons (Fsp3) is 0.500. The van der Waals surface area contributed by atoms with Gasteiger partial charge in [-0.3, -0.25) is 4.79 Å². The lowest BCUT2D eigenvalue weighted by atomic mass is 10.0. The molecule has 0 radical (unpaired) electrons. The lowest BCUT2D eigenvalue weighted by Crippen LogP contribution is -2.44. The van der Waals surface area contributed by atoms with Gasteiger partial charge in [0.2, 0.25) is 0 Å². The molecule has 0 aromatic heterocycles. The molecule has 1 unspecified atom stereocenters. The average molecular weight is 266 g/mol. The fourth-order valence-corrected chi connectivity index (χ4v) is 2.38. The van der Waals surface area contributed by atoms with Crippen LogP contribution in [0.15, 0.2) is 18.2 Å². The van der Waals surface area contributed by atoms with Crippen LogP contribution < -0.4 is 5.32 Å². The molecule has 0 spiro atoms. The number of nitrogens with one attached hydrogen (secondary N) is 1. The topological polar surface area (TPSA) is 52.6 Å². The van der Waals surface area contributed by atoms with Crippen molar-refractivity contribution < 1.29 is 14.3 Å². The van der Waals surface area contributed by atoms with Crippen LogP contribution in [0.4, 0.5) is 4.39 Å². The second-order valence-corrected chi connectivity index (χ2v) is 4.99. The summed E-state index contributed by atoms with van der Waals surface area (Å²) in [5.41, 5.74) is 0.139. The molecule has 1 fully saturated rings.